The second-order valence-corrected chi connectivity index (χ2v) is 6.98. The van der Waals surface area contributed by atoms with Gasteiger partial charge in [0.05, 0.1) is 11.4 Å². The van der Waals surface area contributed by atoms with E-state index >= 15 is 0 Å². The first kappa shape index (κ1) is 13.7. The molecule has 1 nitrogen and oxygen atoms in total. The molecule has 1 aliphatic rings. The first-order valence-corrected chi connectivity index (χ1v) is 8.37. The molecule has 2 aromatic carbocycles. The Morgan fingerprint density at radius 3 is 2.79 bits per heavy atom. The molecule has 0 spiro atoms. The Bertz CT molecular complexity index is 630. The predicted molar refractivity (Wildman–Crippen MR) is 90.6 cm³/mol. The molecule has 0 aromatic heterocycles. The number of hydrogen-bond acceptors (Lipinski definition) is 1. The van der Waals surface area contributed by atoms with Gasteiger partial charge in [-0.3, -0.25) is 0 Å². The summed E-state index contributed by atoms with van der Waals surface area (Å²) in [6, 6.07) is 12.3. The maximum absolute atomic E-state index is 6.22. The number of fused-ring (bicyclic) bond motifs is 1. The highest BCUT2D eigenvalue weighted by atomic mass is 127. The van der Waals surface area contributed by atoms with Crippen molar-refractivity contribution in [3.63, 3.8) is 0 Å². The molecule has 0 radical (unpaired) electrons. The molecule has 0 saturated heterocycles. The first-order chi connectivity index (χ1) is 9.16. The van der Waals surface area contributed by atoms with Crippen molar-refractivity contribution in [3.8, 4) is 5.75 Å². The van der Waals surface area contributed by atoms with Crippen LogP contribution in [-0.4, -0.2) is 6.61 Å². The van der Waals surface area contributed by atoms with Crippen LogP contribution in [-0.2, 0) is 6.42 Å². The van der Waals surface area contributed by atoms with Gasteiger partial charge in [0.25, 0.3) is 0 Å². The van der Waals surface area contributed by atoms with Crippen molar-refractivity contribution < 1.29 is 4.74 Å². The van der Waals surface area contributed by atoms with E-state index in [1.165, 1.54) is 14.7 Å². The molecule has 0 bridgehead atoms. The summed E-state index contributed by atoms with van der Waals surface area (Å²) in [4.78, 5) is 0.103. The van der Waals surface area contributed by atoms with E-state index < -0.39 is 0 Å². The van der Waals surface area contributed by atoms with E-state index in [4.69, 9.17) is 16.3 Å². The van der Waals surface area contributed by atoms with Gasteiger partial charge in [-0.05, 0) is 51.9 Å². The van der Waals surface area contributed by atoms with Gasteiger partial charge in [0.15, 0.2) is 0 Å². The third-order valence-corrected chi connectivity index (χ3v) is 5.42. The smallest absolute Gasteiger partial charge is 0.127 e. The van der Waals surface area contributed by atoms with Gasteiger partial charge in [-0.25, -0.2) is 0 Å². The molecule has 0 amide bonds. The largest absolute Gasteiger partial charge is 0.493 e. The molecule has 19 heavy (non-hydrogen) atoms. The van der Waals surface area contributed by atoms with Crippen molar-refractivity contribution in [3.05, 3.63) is 61.7 Å². The molecule has 0 saturated carbocycles. The van der Waals surface area contributed by atoms with Crippen molar-refractivity contribution >= 4 is 50.1 Å². The third-order valence-electron chi connectivity index (χ3n) is 3.23. The van der Waals surface area contributed by atoms with Gasteiger partial charge in [0.2, 0.25) is 0 Å². The summed E-state index contributed by atoms with van der Waals surface area (Å²) in [6.45, 7) is 0.744. The first-order valence-electron chi connectivity index (χ1n) is 6.00. The molecule has 1 atom stereocenters. The van der Waals surface area contributed by atoms with Crippen LogP contribution in [0, 0.1) is 3.57 Å². The van der Waals surface area contributed by atoms with Gasteiger partial charge in [-0.1, -0.05) is 45.7 Å². The van der Waals surface area contributed by atoms with Crippen LogP contribution in [0.2, 0.25) is 5.02 Å². The Balaban J connectivity index is 2.10. The molecular formula is C15H11BrClIO. The van der Waals surface area contributed by atoms with Crippen LogP contribution in [0.25, 0.3) is 0 Å². The number of benzene rings is 2. The second kappa shape index (κ2) is 5.62. The standard InChI is InChI=1S/C15H11BrClIO/c16-14(11-3-1-2-4-13(11)18)12-8-10(17)7-9-5-6-19-15(9)12/h1-4,7-8,14H,5-6H2. The molecule has 0 aliphatic carbocycles. The van der Waals surface area contributed by atoms with Crippen LogP contribution in [0.5, 0.6) is 5.75 Å². The zero-order valence-electron chi connectivity index (χ0n) is 10.00. The zero-order chi connectivity index (χ0) is 13.4. The van der Waals surface area contributed by atoms with E-state index in [1.807, 2.05) is 18.2 Å². The summed E-state index contributed by atoms with van der Waals surface area (Å²) < 4.78 is 7.01. The minimum Gasteiger partial charge on any atom is -0.493 e. The van der Waals surface area contributed by atoms with Gasteiger partial charge in [-0.2, -0.15) is 0 Å². The summed E-state index contributed by atoms with van der Waals surface area (Å²) in [5.74, 6) is 0.992. The van der Waals surface area contributed by atoms with Crippen LogP contribution >= 0.6 is 50.1 Å². The highest BCUT2D eigenvalue weighted by Crippen LogP contribution is 2.43. The fraction of sp³-hybridized carbons (Fsp3) is 0.200. The Hall–Kier alpha value is -0.260. The SMILES string of the molecule is Clc1cc2c(c(C(Br)c3ccccc3I)c1)OCC2. The average molecular weight is 450 g/mol. The van der Waals surface area contributed by atoms with Crippen LogP contribution in [0.4, 0.5) is 0 Å². The lowest BCUT2D eigenvalue weighted by Gasteiger charge is -2.16. The van der Waals surface area contributed by atoms with Gasteiger partial charge >= 0.3 is 0 Å². The fourth-order valence-electron chi connectivity index (χ4n) is 2.33. The van der Waals surface area contributed by atoms with E-state index in [1.54, 1.807) is 0 Å². The lowest BCUT2D eigenvalue weighted by Crippen LogP contribution is -1.99. The number of rotatable bonds is 2. The number of hydrogen-bond donors (Lipinski definition) is 0. The molecule has 0 N–H and O–H groups in total. The number of ether oxygens (including phenoxy) is 1. The Morgan fingerprint density at radius 2 is 2.00 bits per heavy atom. The van der Waals surface area contributed by atoms with E-state index in [0.29, 0.717) is 0 Å². The van der Waals surface area contributed by atoms with E-state index in [-0.39, 0.29) is 4.83 Å². The van der Waals surface area contributed by atoms with Crippen molar-refractivity contribution in [2.24, 2.45) is 0 Å². The summed E-state index contributed by atoms with van der Waals surface area (Å²) >= 11 is 12.4. The van der Waals surface area contributed by atoms with Gasteiger partial charge in [-0.15, -0.1) is 0 Å². The van der Waals surface area contributed by atoms with Crippen LogP contribution in [0.15, 0.2) is 36.4 Å². The summed E-state index contributed by atoms with van der Waals surface area (Å²) in [7, 11) is 0. The van der Waals surface area contributed by atoms with Crippen LogP contribution < -0.4 is 4.74 Å². The summed E-state index contributed by atoms with van der Waals surface area (Å²) in [6.07, 6.45) is 0.939. The Labute approximate surface area is 139 Å². The Morgan fingerprint density at radius 1 is 1.21 bits per heavy atom. The number of alkyl halides is 1. The number of halogens is 3. The minimum absolute atomic E-state index is 0.103. The van der Waals surface area contributed by atoms with Crippen molar-refractivity contribution in [2.75, 3.05) is 6.61 Å². The second-order valence-electron chi connectivity index (χ2n) is 4.47. The third kappa shape index (κ3) is 2.65. The topological polar surface area (TPSA) is 9.23 Å². The molecule has 0 fully saturated rings. The lowest BCUT2D eigenvalue weighted by molar-refractivity contribution is 0.354. The minimum atomic E-state index is 0.103. The van der Waals surface area contributed by atoms with Crippen molar-refractivity contribution in [1.29, 1.82) is 0 Å². The van der Waals surface area contributed by atoms with Crippen LogP contribution in [0.3, 0.4) is 0 Å². The van der Waals surface area contributed by atoms with Crippen LogP contribution in [0.1, 0.15) is 21.5 Å². The van der Waals surface area contributed by atoms with Crippen molar-refractivity contribution in [2.45, 2.75) is 11.2 Å². The molecule has 1 heterocycles. The van der Waals surface area contributed by atoms with E-state index in [0.717, 1.165) is 29.4 Å². The average Bonchev–Trinajstić information content (AvgIpc) is 2.85. The summed E-state index contributed by atoms with van der Waals surface area (Å²) in [5, 5.41) is 0.773. The van der Waals surface area contributed by atoms with E-state index in [9.17, 15) is 0 Å². The molecule has 1 unspecified atom stereocenters. The maximum Gasteiger partial charge on any atom is 0.127 e. The van der Waals surface area contributed by atoms with Gasteiger partial charge in [0.1, 0.15) is 5.75 Å². The lowest BCUT2D eigenvalue weighted by atomic mass is 10.0. The molecular weight excluding hydrogens is 438 g/mol. The summed E-state index contributed by atoms with van der Waals surface area (Å²) in [5.41, 5.74) is 3.56. The molecule has 4 heteroatoms. The predicted octanol–water partition coefficient (Wildman–Crippen LogP) is 5.36. The quantitative estimate of drug-likeness (QED) is 0.443. The fourth-order valence-corrected chi connectivity index (χ4v) is 4.45. The van der Waals surface area contributed by atoms with Gasteiger partial charge < -0.3 is 4.74 Å². The zero-order valence-corrected chi connectivity index (χ0v) is 14.5. The molecule has 1 aliphatic heterocycles. The van der Waals surface area contributed by atoms with E-state index in [2.05, 4.69) is 56.7 Å². The van der Waals surface area contributed by atoms with Crippen molar-refractivity contribution in [1.82, 2.24) is 0 Å². The highest BCUT2D eigenvalue weighted by molar-refractivity contribution is 14.1. The highest BCUT2D eigenvalue weighted by Gasteiger charge is 2.23. The molecule has 98 valence electrons. The maximum atomic E-state index is 6.22. The molecule has 2 aromatic rings. The van der Waals surface area contributed by atoms with Gasteiger partial charge in [0, 0.05) is 20.6 Å². The molecule has 3 rings (SSSR count). The Kier molecular flexibility index (Phi) is 4.06. The monoisotopic (exact) mass is 448 g/mol. The normalized spacial score (nSPS) is 14.9.